The third-order valence-corrected chi connectivity index (χ3v) is 5.69. The van der Waals surface area contributed by atoms with Crippen molar-refractivity contribution in [2.24, 2.45) is 0 Å². The average molecular weight is 398 g/mol. The van der Waals surface area contributed by atoms with E-state index in [2.05, 4.69) is 30.1 Å². The van der Waals surface area contributed by atoms with Crippen LogP contribution in [0, 0.1) is 11.3 Å². The summed E-state index contributed by atoms with van der Waals surface area (Å²) in [7, 11) is 0. The first-order chi connectivity index (χ1) is 14.2. The van der Waals surface area contributed by atoms with Crippen LogP contribution in [-0.4, -0.2) is 15.9 Å². The lowest BCUT2D eigenvalue weighted by molar-refractivity contribution is 0.0985. The van der Waals surface area contributed by atoms with E-state index in [1.54, 1.807) is 41.6 Å². The molecule has 0 saturated carbocycles. The molecule has 2 heterocycles. The molecule has 6 heteroatoms. The zero-order valence-electron chi connectivity index (χ0n) is 15.9. The molecule has 0 radical (unpaired) electrons. The molecule has 0 atom stereocenters. The van der Waals surface area contributed by atoms with Gasteiger partial charge in [0.05, 0.1) is 28.4 Å². The number of amides is 1. The number of benzene rings is 2. The molecular formula is C23H18N4OS. The number of rotatable bonds is 5. The van der Waals surface area contributed by atoms with Crippen molar-refractivity contribution in [2.45, 2.75) is 19.9 Å². The number of carbonyl (C=O) groups is 1. The standard InChI is InChI=1S/C23H18N4OS/c1-2-16-7-10-20-21(12-16)29-23(26-20)27(15-18-4-3-11-25-14-18)22(28)19-8-5-17(13-24)6-9-19/h3-12,14H,2,15H2,1H3. The Morgan fingerprint density at radius 2 is 1.97 bits per heavy atom. The number of nitriles is 1. The minimum atomic E-state index is -0.159. The van der Waals surface area contributed by atoms with E-state index >= 15 is 0 Å². The Balaban J connectivity index is 1.75. The zero-order valence-corrected chi connectivity index (χ0v) is 16.7. The van der Waals surface area contributed by atoms with Crippen molar-refractivity contribution in [2.75, 3.05) is 4.90 Å². The average Bonchev–Trinajstić information content (AvgIpc) is 3.20. The fourth-order valence-corrected chi connectivity index (χ4v) is 4.06. The molecule has 0 unspecified atom stereocenters. The molecular weight excluding hydrogens is 380 g/mol. The molecule has 0 aliphatic carbocycles. The summed E-state index contributed by atoms with van der Waals surface area (Å²) in [6.07, 6.45) is 4.41. The van der Waals surface area contributed by atoms with Gasteiger partial charge < -0.3 is 0 Å². The van der Waals surface area contributed by atoms with Crippen LogP contribution in [0.3, 0.4) is 0 Å². The van der Waals surface area contributed by atoms with Crippen LogP contribution < -0.4 is 4.90 Å². The first kappa shape index (κ1) is 18.8. The molecule has 4 aromatic rings. The van der Waals surface area contributed by atoms with Gasteiger partial charge in [-0.15, -0.1) is 0 Å². The number of anilines is 1. The van der Waals surface area contributed by atoms with Gasteiger partial charge in [-0.05, 0) is 60.0 Å². The van der Waals surface area contributed by atoms with Crippen LogP contribution in [0.1, 0.15) is 34.0 Å². The second-order valence-electron chi connectivity index (χ2n) is 6.59. The van der Waals surface area contributed by atoms with Crippen molar-refractivity contribution >= 4 is 32.6 Å². The maximum absolute atomic E-state index is 13.3. The summed E-state index contributed by atoms with van der Waals surface area (Å²) in [6, 6.07) is 18.7. The molecule has 0 N–H and O–H groups in total. The molecule has 0 saturated heterocycles. The Morgan fingerprint density at radius 3 is 2.66 bits per heavy atom. The summed E-state index contributed by atoms with van der Waals surface area (Å²) < 4.78 is 1.06. The number of aryl methyl sites for hydroxylation is 1. The van der Waals surface area contributed by atoms with E-state index in [-0.39, 0.29) is 5.91 Å². The van der Waals surface area contributed by atoms with Gasteiger partial charge in [0.1, 0.15) is 0 Å². The van der Waals surface area contributed by atoms with Crippen molar-refractivity contribution < 1.29 is 4.79 Å². The number of hydrogen-bond donors (Lipinski definition) is 0. The minimum Gasteiger partial charge on any atom is -0.279 e. The number of pyridine rings is 1. The van der Waals surface area contributed by atoms with Gasteiger partial charge in [-0.3, -0.25) is 14.7 Å². The number of nitrogens with zero attached hydrogens (tertiary/aromatic N) is 4. The molecule has 0 bridgehead atoms. The molecule has 2 aromatic carbocycles. The second kappa shape index (κ2) is 8.21. The predicted octanol–water partition coefficient (Wildman–Crippen LogP) is 4.97. The summed E-state index contributed by atoms with van der Waals surface area (Å²) in [4.78, 5) is 23.9. The Hall–Kier alpha value is -3.56. The molecule has 5 nitrogen and oxygen atoms in total. The van der Waals surface area contributed by atoms with Crippen LogP contribution >= 0.6 is 11.3 Å². The Bertz CT molecular complexity index is 1190. The fraction of sp³-hybridized carbons (Fsp3) is 0.130. The predicted molar refractivity (Wildman–Crippen MR) is 115 cm³/mol. The van der Waals surface area contributed by atoms with Crippen LogP contribution in [-0.2, 0) is 13.0 Å². The molecule has 2 aromatic heterocycles. The van der Waals surface area contributed by atoms with Gasteiger partial charge in [0.2, 0.25) is 0 Å². The van der Waals surface area contributed by atoms with E-state index in [4.69, 9.17) is 10.2 Å². The molecule has 1 amide bonds. The van der Waals surface area contributed by atoms with Crippen molar-refractivity contribution in [1.82, 2.24) is 9.97 Å². The smallest absolute Gasteiger partial charge is 0.260 e. The lowest BCUT2D eigenvalue weighted by Gasteiger charge is -2.20. The highest BCUT2D eigenvalue weighted by atomic mass is 32.1. The topological polar surface area (TPSA) is 69.9 Å². The van der Waals surface area contributed by atoms with Gasteiger partial charge in [-0.1, -0.05) is 30.4 Å². The summed E-state index contributed by atoms with van der Waals surface area (Å²) >= 11 is 1.51. The Morgan fingerprint density at radius 1 is 1.14 bits per heavy atom. The zero-order chi connectivity index (χ0) is 20.2. The third-order valence-electron chi connectivity index (χ3n) is 4.65. The maximum atomic E-state index is 13.3. The quantitative estimate of drug-likeness (QED) is 0.476. The Kier molecular flexibility index (Phi) is 5.32. The van der Waals surface area contributed by atoms with E-state index in [1.165, 1.54) is 16.9 Å². The number of carbonyl (C=O) groups excluding carboxylic acids is 1. The van der Waals surface area contributed by atoms with E-state index in [9.17, 15) is 4.79 Å². The third kappa shape index (κ3) is 4.00. The first-order valence-corrected chi connectivity index (χ1v) is 10.1. The molecule has 0 aliphatic rings. The highest BCUT2D eigenvalue weighted by Gasteiger charge is 2.22. The largest absolute Gasteiger partial charge is 0.279 e. The SMILES string of the molecule is CCc1ccc2nc(N(Cc3cccnc3)C(=O)c3ccc(C#N)cc3)sc2c1. The van der Waals surface area contributed by atoms with Crippen molar-refractivity contribution in [3.63, 3.8) is 0 Å². The first-order valence-electron chi connectivity index (χ1n) is 9.28. The second-order valence-corrected chi connectivity index (χ2v) is 7.60. The van der Waals surface area contributed by atoms with Gasteiger partial charge in [0.15, 0.2) is 5.13 Å². The van der Waals surface area contributed by atoms with Crippen molar-refractivity contribution in [1.29, 1.82) is 5.26 Å². The van der Waals surface area contributed by atoms with Gasteiger partial charge in [-0.2, -0.15) is 5.26 Å². The Labute approximate surface area is 172 Å². The molecule has 4 rings (SSSR count). The fourth-order valence-electron chi connectivity index (χ4n) is 3.04. The van der Waals surface area contributed by atoms with Crippen molar-refractivity contribution in [3.05, 3.63) is 89.2 Å². The van der Waals surface area contributed by atoms with Crippen LogP contribution in [0.25, 0.3) is 10.2 Å². The number of fused-ring (bicyclic) bond motifs is 1. The van der Waals surface area contributed by atoms with Crippen LogP contribution in [0.4, 0.5) is 5.13 Å². The van der Waals surface area contributed by atoms with E-state index in [1.807, 2.05) is 18.2 Å². The lowest BCUT2D eigenvalue weighted by Crippen LogP contribution is -2.30. The monoisotopic (exact) mass is 398 g/mol. The van der Waals surface area contributed by atoms with E-state index in [0.717, 1.165) is 22.2 Å². The number of thiazole rings is 1. The summed E-state index contributed by atoms with van der Waals surface area (Å²) in [6.45, 7) is 2.49. The summed E-state index contributed by atoms with van der Waals surface area (Å²) in [5.41, 5.74) is 4.08. The van der Waals surface area contributed by atoms with Gasteiger partial charge in [0, 0.05) is 18.0 Å². The molecule has 29 heavy (non-hydrogen) atoms. The van der Waals surface area contributed by atoms with E-state index in [0.29, 0.717) is 22.8 Å². The molecule has 0 spiro atoms. The van der Waals surface area contributed by atoms with Gasteiger partial charge in [0.25, 0.3) is 5.91 Å². The normalized spacial score (nSPS) is 10.6. The maximum Gasteiger partial charge on any atom is 0.260 e. The van der Waals surface area contributed by atoms with Crippen LogP contribution in [0.2, 0.25) is 0 Å². The number of hydrogen-bond acceptors (Lipinski definition) is 5. The molecule has 142 valence electrons. The molecule has 0 aliphatic heterocycles. The number of aromatic nitrogens is 2. The van der Waals surface area contributed by atoms with Crippen LogP contribution in [0.15, 0.2) is 67.0 Å². The van der Waals surface area contributed by atoms with Gasteiger partial charge in [-0.25, -0.2) is 4.98 Å². The highest BCUT2D eigenvalue weighted by molar-refractivity contribution is 7.22. The van der Waals surface area contributed by atoms with Crippen LogP contribution in [0.5, 0.6) is 0 Å². The van der Waals surface area contributed by atoms with Gasteiger partial charge >= 0.3 is 0 Å². The lowest BCUT2D eigenvalue weighted by atomic mass is 10.1. The summed E-state index contributed by atoms with van der Waals surface area (Å²) in [5.74, 6) is -0.159. The minimum absolute atomic E-state index is 0.159. The summed E-state index contributed by atoms with van der Waals surface area (Å²) in [5, 5.41) is 9.66. The molecule has 0 fully saturated rings. The van der Waals surface area contributed by atoms with Crippen molar-refractivity contribution in [3.8, 4) is 6.07 Å². The van der Waals surface area contributed by atoms with E-state index < -0.39 is 0 Å². The highest BCUT2D eigenvalue weighted by Crippen LogP contribution is 2.31.